The van der Waals surface area contributed by atoms with Crippen LogP contribution in [0.3, 0.4) is 0 Å². The van der Waals surface area contributed by atoms with Gasteiger partial charge in [-0.25, -0.2) is 4.79 Å². The highest BCUT2D eigenvalue weighted by Gasteiger charge is 2.41. The first-order chi connectivity index (χ1) is 9.72. The summed E-state index contributed by atoms with van der Waals surface area (Å²) >= 11 is 0. The minimum absolute atomic E-state index is 0.00148. The number of likely N-dealkylation sites (tertiary alicyclic amines) is 1. The van der Waals surface area contributed by atoms with Crippen molar-refractivity contribution < 1.29 is 14.6 Å². The number of nitrogens with one attached hydrogen (secondary N) is 1. The number of hydrogen-bond acceptors (Lipinski definition) is 3. The molecule has 1 spiro atoms. The summed E-state index contributed by atoms with van der Waals surface area (Å²) in [5.41, 5.74) is 0.0393. The number of rotatable bonds is 2. The van der Waals surface area contributed by atoms with Crippen LogP contribution in [-0.2, 0) is 4.74 Å². The molecule has 114 valence electrons. The highest BCUT2D eigenvalue weighted by molar-refractivity contribution is 5.75. The molecule has 2 unspecified atom stereocenters. The Balaban J connectivity index is 1.55. The lowest BCUT2D eigenvalue weighted by Gasteiger charge is -2.39. The summed E-state index contributed by atoms with van der Waals surface area (Å²) in [6.07, 6.45) is 8.56. The van der Waals surface area contributed by atoms with E-state index in [1.165, 1.54) is 12.8 Å². The highest BCUT2D eigenvalue weighted by atomic mass is 16.5. The van der Waals surface area contributed by atoms with Gasteiger partial charge in [0, 0.05) is 19.2 Å². The zero-order valence-electron chi connectivity index (χ0n) is 12.1. The molecule has 0 aromatic rings. The second kappa shape index (κ2) is 5.90. The Bertz CT molecular complexity index is 355. The summed E-state index contributed by atoms with van der Waals surface area (Å²) in [5.74, 6) is 0. The Kier molecular flexibility index (Phi) is 4.17. The third kappa shape index (κ3) is 2.79. The van der Waals surface area contributed by atoms with Gasteiger partial charge in [0.1, 0.15) is 0 Å². The molecule has 5 heteroatoms. The second-order valence-corrected chi connectivity index (χ2v) is 6.55. The van der Waals surface area contributed by atoms with E-state index in [1.54, 1.807) is 4.90 Å². The van der Waals surface area contributed by atoms with Gasteiger partial charge >= 0.3 is 6.03 Å². The van der Waals surface area contributed by atoms with E-state index < -0.39 is 0 Å². The number of hydrogen-bond donors (Lipinski definition) is 2. The van der Waals surface area contributed by atoms with Crippen LogP contribution in [0.25, 0.3) is 0 Å². The number of amides is 2. The molecule has 2 amide bonds. The van der Waals surface area contributed by atoms with Crippen molar-refractivity contribution in [2.45, 2.75) is 69.1 Å². The number of carbonyl (C=O) groups excluding carboxylic acids is 1. The summed E-state index contributed by atoms with van der Waals surface area (Å²) in [6.45, 7) is 1.60. The average Bonchev–Trinajstić information content (AvgIpc) is 3.08. The van der Waals surface area contributed by atoms with Gasteiger partial charge in [-0.05, 0) is 38.5 Å². The maximum Gasteiger partial charge on any atom is 0.317 e. The molecule has 0 aromatic heterocycles. The van der Waals surface area contributed by atoms with Crippen molar-refractivity contribution in [3.63, 3.8) is 0 Å². The van der Waals surface area contributed by atoms with Crippen LogP contribution in [0.4, 0.5) is 4.79 Å². The largest absolute Gasteiger partial charge is 0.394 e. The molecular weight excluding hydrogens is 256 g/mol. The van der Waals surface area contributed by atoms with Crippen LogP contribution in [0.5, 0.6) is 0 Å². The van der Waals surface area contributed by atoms with Gasteiger partial charge in [0.2, 0.25) is 0 Å². The molecule has 3 aliphatic rings. The van der Waals surface area contributed by atoms with Crippen LogP contribution in [0, 0.1) is 0 Å². The normalized spacial score (nSPS) is 32.8. The first-order valence-electron chi connectivity index (χ1n) is 8.04. The molecule has 1 saturated carbocycles. The van der Waals surface area contributed by atoms with Crippen LogP contribution < -0.4 is 5.32 Å². The molecule has 2 N–H and O–H groups in total. The summed E-state index contributed by atoms with van der Waals surface area (Å²) in [5, 5.41) is 12.5. The van der Waals surface area contributed by atoms with E-state index in [-0.39, 0.29) is 30.3 Å². The topological polar surface area (TPSA) is 61.8 Å². The van der Waals surface area contributed by atoms with Crippen molar-refractivity contribution in [2.24, 2.45) is 0 Å². The molecule has 5 nitrogen and oxygen atoms in total. The van der Waals surface area contributed by atoms with Gasteiger partial charge in [-0.2, -0.15) is 0 Å². The molecule has 2 atom stereocenters. The molecule has 3 rings (SSSR count). The van der Waals surface area contributed by atoms with Crippen molar-refractivity contribution in [3.05, 3.63) is 0 Å². The Morgan fingerprint density at radius 3 is 2.85 bits per heavy atom. The molecular formula is C15H26N2O3. The summed E-state index contributed by atoms with van der Waals surface area (Å²) < 4.78 is 6.00. The smallest absolute Gasteiger partial charge is 0.317 e. The molecule has 3 fully saturated rings. The van der Waals surface area contributed by atoms with Gasteiger partial charge < -0.3 is 20.1 Å². The van der Waals surface area contributed by atoms with E-state index in [0.717, 1.165) is 51.7 Å². The highest BCUT2D eigenvalue weighted by Crippen LogP contribution is 2.40. The number of aliphatic hydroxyl groups excluding tert-OH is 1. The zero-order chi connectivity index (χ0) is 14.0. The number of ether oxygens (including phenoxy) is 1. The fourth-order valence-corrected chi connectivity index (χ4v) is 4.07. The van der Waals surface area contributed by atoms with Crippen molar-refractivity contribution in [1.82, 2.24) is 10.2 Å². The summed E-state index contributed by atoms with van der Waals surface area (Å²) in [4.78, 5) is 14.2. The second-order valence-electron chi connectivity index (χ2n) is 6.55. The number of urea groups is 1. The lowest BCUT2D eigenvalue weighted by molar-refractivity contribution is -0.0824. The Hall–Kier alpha value is -0.810. The molecule has 2 aliphatic heterocycles. The quantitative estimate of drug-likeness (QED) is 0.809. The third-order valence-electron chi connectivity index (χ3n) is 5.18. The SMILES string of the molecule is O=C(NC1CCOC2(CCCC2)C1)N1CCCC1CO. The summed E-state index contributed by atoms with van der Waals surface area (Å²) in [7, 11) is 0. The molecule has 2 saturated heterocycles. The van der Waals surface area contributed by atoms with Gasteiger partial charge in [0.05, 0.1) is 18.2 Å². The molecule has 0 aromatic carbocycles. The Morgan fingerprint density at radius 1 is 1.30 bits per heavy atom. The molecule has 1 aliphatic carbocycles. The monoisotopic (exact) mass is 282 g/mol. The minimum atomic E-state index is 0.00148. The first-order valence-corrected chi connectivity index (χ1v) is 8.04. The number of carbonyl (C=O) groups is 1. The Morgan fingerprint density at radius 2 is 2.10 bits per heavy atom. The van der Waals surface area contributed by atoms with Gasteiger partial charge in [0.15, 0.2) is 0 Å². The van der Waals surface area contributed by atoms with E-state index in [4.69, 9.17) is 4.74 Å². The Labute approximate surface area is 120 Å². The number of aliphatic hydroxyl groups is 1. The van der Waals surface area contributed by atoms with Gasteiger partial charge in [0.25, 0.3) is 0 Å². The van der Waals surface area contributed by atoms with Crippen LogP contribution in [0.15, 0.2) is 0 Å². The van der Waals surface area contributed by atoms with Gasteiger partial charge in [-0.3, -0.25) is 0 Å². The molecule has 2 heterocycles. The predicted octanol–water partition coefficient (Wildman–Crippen LogP) is 1.64. The van der Waals surface area contributed by atoms with Crippen molar-refractivity contribution in [3.8, 4) is 0 Å². The van der Waals surface area contributed by atoms with E-state index >= 15 is 0 Å². The zero-order valence-corrected chi connectivity index (χ0v) is 12.1. The molecule has 0 radical (unpaired) electrons. The maximum absolute atomic E-state index is 12.3. The minimum Gasteiger partial charge on any atom is -0.394 e. The maximum atomic E-state index is 12.3. The van der Waals surface area contributed by atoms with E-state index in [0.29, 0.717) is 0 Å². The fourth-order valence-electron chi connectivity index (χ4n) is 4.07. The van der Waals surface area contributed by atoms with Crippen molar-refractivity contribution in [1.29, 1.82) is 0 Å². The lowest BCUT2D eigenvalue weighted by atomic mass is 9.89. The summed E-state index contributed by atoms with van der Waals surface area (Å²) in [6, 6.07) is 0.242. The molecule has 20 heavy (non-hydrogen) atoms. The third-order valence-corrected chi connectivity index (χ3v) is 5.18. The van der Waals surface area contributed by atoms with Gasteiger partial charge in [-0.1, -0.05) is 12.8 Å². The molecule has 0 bridgehead atoms. The van der Waals surface area contributed by atoms with Crippen LogP contribution in [0.1, 0.15) is 51.4 Å². The number of nitrogens with zero attached hydrogens (tertiary/aromatic N) is 1. The van der Waals surface area contributed by atoms with Crippen molar-refractivity contribution >= 4 is 6.03 Å². The predicted molar refractivity (Wildman–Crippen MR) is 75.5 cm³/mol. The van der Waals surface area contributed by atoms with E-state index in [1.807, 2.05) is 0 Å². The van der Waals surface area contributed by atoms with Crippen LogP contribution in [0.2, 0.25) is 0 Å². The standard InChI is InChI=1S/C15H26N2O3/c18-11-13-4-3-8-17(13)14(19)16-12-5-9-20-15(10-12)6-1-2-7-15/h12-13,18H,1-11H2,(H,16,19). The first kappa shape index (κ1) is 14.1. The van der Waals surface area contributed by atoms with Crippen LogP contribution >= 0.6 is 0 Å². The fraction of sp³-hybridized carbons (Fsp3) is 0.933. The van der Waals surface area contributed by atoms with Gasteiger partial charge in [-0.15, -0.1) is 0 Å². The van der Waals surface area contributed by atoms with E-state index in [2.05, 4.69) is 5.32 Å². The van der Waals surface area contributed by atoms with Crippen molar-refractivity contribution in [2.75, 3.05) is 19.8 Å². The lowest BCUT2D eigenvalue weighted by Crippen LogP contribution is -2.52. The van der Waals surface area contributed by atoms with E-state index in [9.17, 15) is 9.90 Å². The average molecular weight is 282 g/mol. The van der Waals surface area contributed by atoms with Crippen LogP contribution in [-0.4, -0.2) is 53.5 Å².